The second-order valence-electron chi connectivity index (χ2n) is 4.50. The van der Waals surface area contributed by atoms with Crippen molar-refractivity contribution in [2.45, 2.75) is 38.6 Å². The molecular formula is C11H23NOS. The molecule has 2 nitrogen and oxygen atoms in total. The van der Waals surface area contributed by atoms with Crippen LogP contribution in [-0.4, -0.2) is 35.3 Å². The van der Waals surface area contributed by atoms with E-state index in [0.717, 1.165) is 25.3 Å². The summed E-state index contributed by atoms with van der Waals surface area (Å²) < 4.78 is 0. The van der Waals surface area contributed by atoms with Gasteiger partial charge in [0.15, 0.2) is 0 Å². The molecule has 0 spiro atoms. The topological polar surface area (TPSA) is 32.3 Å². The molecule has 14 heavy (non-hydrogen) atoms. The zero-order valence-corrected chi connectivity index (χ0v) is 10.2. The van der Waals surface area contributed by atoms with Crippen LogP contribution in [-0.2, 0) is 0 Å². The first kappa shape index (κ1) is 12.3. The maximum absolute atomic E-state index is 8.98. The summed E-state index contributed by atoms with van der Waals surface area (Å²) in [6.07, 6.45) is 3.31. The summed E-state index contributed by atoms with van der Waals surface area (Å²) in [6, 6.07) is 0. The molecule has 1 aliphatic heterocycles. The molecule has 1 rings (SSSR count). The second-order valence-corrected chi connectivity index (χ2v) is 5.65. The molecule has 84 valence electrons. The highest BCUT2D eigenvalue weighted by Crippen LogP contribution is 2.24. The van der Waals surface area contributed by atoms with Gasteiger partial charge in [-0.1, -0.05) is 6.92 Å². The number of hydrogen-bond acceptors (Lipinski definition) is 3. The lowest BCUT2D eigenvalue weighted by Gasteiger charge is -2.30. The van der Waals surface area contributed by atoms with E-state index in [-0.39, 0.29) is 12.1 Å². The predicted molar refractivity (Wildman–Crippen MR) is 63.8 cm³/mol. The van der Waals surface area contributed by atoms with Crippen molar-refractivity contribution in [2.24, 2.45) is 5.92 Å². The summed E-state index contributed by atoms with van der Waals surface area (Å²) in [5.74, 6) is 3.49. The van der Waals surface area contributed by atoms with Gasteiger partial charge in [-0.3, -0.25) is 0 Å². The summed E-state index contributed by atoms with van der Waals surface area (Å²) in [5.41, 5.74) is 0.141. The largest absolute Gasteiger partial charge is 0.396 e. The van der Waals surface area contributed by atoms with E-state index in [9.17, 15) is 0 Å². The Morgan fingerprint density at radius 3 is 2.86 bits per heavy atom. The lowest BCUT2D eigenvalue weighted by Crippen LogP contribution is -2.44. The van der Waals surface area contributed by atoms with E-state index in [1.54, 1.807) is 0 Å². The smallest absolute Gasteiger partial charge is 0.0448 e. The lowest BCUT2D eigenvalue weighted by molar-refractivity contribution is 0.211. The number of nitrogens with one attached hydrogen (secondary N) is 1. The molecule has 0 bridgehead atoms. The third kappa shape index (κ3) is 3.79. The zero-order valence-electron chi connectivity index (χ0n) is 9.38. The molecule has 3 heteroatoms. The number of rotatable bonds is 6. The summed E-state index contributed by atoms with van der Waals surface area (Å²) in [5, 5.41) is 12.6. The molecule has 0 aromatic carbocycles. The molecule has 2 unspecified atom stereocenters. The van der Waals surface area contributed by atoms with E-state index < -0.39 is 0 Å². The normalized spacial score (nSPS) is 26.4. The van der Waals surface area contributed by atoms with Crippen molar-refractivity contribution >= 4 is 11.8 Å². The Balaban J connectivity index is 2.25. The van der Waals surface area contributed by atoms with Crippen LogP contribution in [0.3, 0.4) is 0 Å². The van der Waals surface area contributed by atoms with Crippen molar-refractivity contribution in [3.63, 3.8) is 0 Å². The molecule has 2 atom stereocenters. The van der Waals surface area contributed by atoms with Crippen LogP contribution in [0, 0.1) is 5.92 Å². The molecule has 0 aromatic heterocycles. The Hall–Kier alpha value is 0.270. The Kier molecular flexibility index (Phi) is 5.28. The fourth-order valence-electron chi connectivity index (χ4n) is 1.77. The molecule has 0 aromatic rings. The van der Waals surface area contributed by atoms with Crippen LogP contribution in [0.5, 0.6) is 0 Å². The van der Waals surface area contributed by atoms with Gasteiger partial charge in [-0.25, -0.2) is 0 Å². The highest BCUT2D eigenvalue weighted by molar-refractivity contribution is 7.99. The van der Waals surface area contributed by atoms with E-state index in [4.69, 9.17) is 5.11 Å². The van der Waals surface area contributed by atoms with Gasteiger partial charge in [0.1, 0.15) is 0 Å². The highest BCUT2D eigenvalue weighted by atomic mass is 32.2. The van der Waals surface area contributed by atoms with Gasteiger partial charge < -0.3 is 10.4 Å². The minimum absolute atomic E-state index is 0.141. The summed E-state index contributed by atoms with van der Waals surface area (Å²) >= 11 is 2.06. The summed E-state index contributed by atoms with van der Waals surface area (Å²) in [7, 11) is 0. The van der Waals surface area contributed by atoms with Crippen molar-refractivity contribution in [1.82, 2.24) is 5.32 Å². The first-order valence-corrected chi connectivity index (χ1v) is 6.79. The van der Waals surface area contributed by atoms with E-state index in [1.807, 2.05) is 0 Å². The van der Waals surface area contributed by atoms with Gasteiger partial charge in [0, 0.05) is 12.1 Å². The van der Waals surface area contributed by atoms with Crippen LogP contribution < -0.4 is 5.32 Å². The van der Waals surface area contributed by atoms with Gasteiger partial charge in [0.2, 0.25) is 0 Å². The van der Waals surface area contributed by atoms with Gasteiger partial charge in [-0.2, -0.15) is 11.8 Å². The highest BCUT2D eigenvalue weighted by Gasteiger charge is 2.23. The molecule has 0 saturated carbocycles. The fourth-order valence-corrected chi connectivity index (χ4v) is 3.06. The average Bonchev–Trinajstić information content (AvgIpc) is 2.68. The van der Waals surface area contributed by atoms with Crippen molar-refractivity contribution in [3.8, 4) is 0 Å². The fraction of sp³-hybridized carbons (Fsp3) is 1.00. The number of thioether (sulfide) groups is 1. The molecule has 2 N–H and O–H groups in total. The van der Waals surface area contributed by atoms with Crippen molar-refractivity contribution in [1.29, 1.82) is 0 Å². The Morgan fingerprint density at radius 2 is 2.36 bits per heavy atom. The predicted octanol–water partition coefficient (Wildman–Crippen LogP) is 1.88. The van der Waals surface area contributed by atoms with Gasteiger partial charge >= 0.3 is 0 Å². The quantitative estimate of drug-likeness (QED) is 0.712. The molecule has 1 saturated heterocycles. The Morgan fingerprint density at radius 1 is 1.57 bits per heavy atom. The number of aliphatic hydroxyl groups is 1. The van der Waals surface area contributed by atoms with Crippen LogP contribution in [0.15, 0.2) is 0 Å². The minimum Gasteiger partial charge on any atom is -0.396 e. The molecule has 0 radical (unpaired) electrons. The molecule has 0 aliphatic carbocycles. The average molecular weight is 217 g/mol. The maximum atomic E-state index is 8.98. The monoisotopic (exact) mass is 217 g/mol. The van der Waals surface area contributed by atoms with Crippen molar-refractivity contribution < 1.29 is 5.11 Å². The van der Waals surface area contributed by atoms with Crippen LogP contribution >= 0.6 is 11.8 Å². The lowest BCUT2D eigenvalue weighted by atomic mass is 9.94. The van der Waals surface area contributed by atoms with E-state index in [0.29, 0.717) is 0 Å². The Bertz CT molecular complexity index is 159. The molecule has 1 aliphatic rings. The SMILES string of the molecule is CCC(C)(CCO)NCC1CCSC1. The molecule has 0 amide bonds. The van der Waals surface area contributed by atoms with E-state index >= 15 is 0 Å². The van der Waals surface area contributed by atoms with Gasteiger partial charge in [0.05, 0.1) is 0 Å². The van der Waals surface area contributed by atoms with Crippen molar-refractivity contribution in [2.75, 3.05) is 24.7 Å². The molecule has 1 heterocycles. The minimum atomic E-state index is 0.141. The number of hydrogen-bond donors (Lipinski definition) is 2. The van der Waals surface area contributed by atoms with Crippen LogP contribution in [0.4, 0.5) is 0 Å². The van der Waals surface area contributed by atoms with Gasteiger partial charge in [-0.15, -0.1) is 0 Å². The number of aliphatic hydroxyl groups excluding tert-OH is 1. The third-order valence-corrected chi connectivity index (χ3v) is 4.52. The van der Waals surface area contributed by atoms with Gasteiger partial charge in [-0.05, 0) is 50.2 Å². The van der Waals surface area contributed by atoms with E-state index in [2.05, 4.69) is 30.9 Å². The first-order chi connectivity index (χ1) is 6.70. The third-order valence-electron chi connectivity index (χ3n) is 3.29. The van der Waals surface area contributed by atoms with Gasteiger partial charge in [0.25, 0.3) is 0 Å². The Labute approximate surface area is 91.9 Å². The van der Waals surface area contributed by atoms with Crippen LogP contribution in [0.25, 0.3) is 0 Å². The molecule has 1 fully saturated rings. The van der Waals surface area contributed by atoms with Crippen LogP contribution in [0.1, 0.15) is 33.1 Å². The molecular weight excluding hydrogens is 194 g/mol. The summed E-state index contributed by atoms with van der Waals surface area (Å²) in [6.45, 7) is 5.81. The second kappa shape index (κ2) is 5.99. The maximum Gasteiger partial charge on any atom is 0.0448 e. The summed E-state index contributed by atoms with van der Waals surface area (Å²) in [4.78, 5) is 0. The first-order valence-electron chi connectivity index (χ1n) is 5.64. The van der Waals surface area contributed by atoms with Crippen molar-refractivity contribution in [3.05, 3.63) is 0 Å². The van der Waals surface area contributed by atoms with E-state index in [1.165, 1.54) is 17.9 Å². The standard InChI is InChI=1S/C11H23NOS/c1-3-11(2,5-6-13)12-8-10-4-7-14-9-10/h10,12-13H,3-9H2,1-2H3. The van der Waals surface area contributed by atoms with Crippen LogP contribution in [0.2, 0.25) is 0 Å². The zero-order chi connectivity index (χ0) is 10.4.